The minimum atomic E-state index is -0.368. The summed E-state index contributed by atoms with van der Waals surface area (Å²) in [6.45, 7) is 4.63. The maximum absolute atomic E-state index is 15.0. The van der Waals surface area contributed by atoms with Crippen LogP contribution in [0.4, 0.5) is 4.39 Å². The summed E-state index contributed by atoms with van der Waals surface area (Å²) in [5.41, 5.74) is 5.35. The fraction of sp³-hybridized carbons (Fsp3) is 0.406. The molecule has 2 aromatic carbocycles. The predicted molar refractivity (Wildman–Crippen MR) is 160 cm³/mol. The molecule has 7 nitrogen and oxygen atoms in total. The summed E-state index contributed by atoms with van der Waals surface area (Å²) in [7, 11) is 1.68. The maximum atomic E-state index is 15.0. The second-order valence-corrected chi connectivity index (χ2v) is 11.2. The molecular formula is C32H36ClFN4O3. The number of nitrogens with zero attached hydrogens (tertiary/aromatic N) is 3. The van der Waals surface area contributed by atoms with Gasteiger partial charge in [-0.2, -0.15) is 0 Å². The first kappa shape index (κ1) is 29.0. The molecule has 1 amide bonds. The highest BCUT2D eigenvalue weighted by Gasteiger charge is 2.30. The standard InChI is InChI=1S/C32H36ClFN4O3/c1-21-29-27(34)14-13-26(33)31(29)38(16-5-17-41-2)30(21)24-7-4-15-37(20-24)28(39)8-3-6-22-9-11-23(12-10-22)25-18-35-32(40)36-19-25/h9-14,18-19,24H,3-8,15-17,20H2,1-2H3,(H,35,36,40). The largest absolute Gasteiger partial charge is 0.385 e. The second kappa shape index (κ2) is 13.0. The smallest absolute Gasteiger partial charge is 0.344 e. The number of H-pyrrole nitrogens is 1. The van der Waals surface area contributed by atoms with Crippen molar-refractivity contribution in [1.29, 1.82) is 0 Å². The number of fused-ring (bicyclic) bond motifs is 1. The quantitative estimate of drug-likeness (QED) is 0.225. The lowest BCUT2D eigenvalue weighted by atomic mass is 9.91. The molecule has 216 valence electrons. The molecular weight excluding hydrogens is 543 g/mol. The number of methoxy groups -OCH3 is 1. The molecule has 4 aromatic rings. The van der Waals surface area contributed by atoms with Crippen LogP contribution in [0.1, 0.15) is 54.8 Å². The number of ether oxygens (including phenoxy) is 1. The van der Waals surface area contributed by atoms with Gasteiger partial charge in [-0.05, 0) is 67.9 Å². The third kappa shape index (κ3) is 6.39. The van der Waals surface area contributed by atoms with Gasteiger partial charge in [-0.15, -0.1) is 0 Å². The number of piperidine rings is 1. The van der Waals surface area contributed by atoms with Crippen molar-refractivity contribution in [3.63, 3.8) is 0 Å². The van der Waals surface area contributed by atoms with Crippen molar-refractivity contribution in [3.8, 4) is 11.1 Å². The van der Waals surface area contributed by atoms with E-state index in [4.69, 9.17) is 16.3 Å². The molecule has 1 fully saturated rings. The van der Waals surface area contributed by atoms with Crippen molar-refractivity contribution in [2.24, 2.45) is 0 Å². The SMILES string of the molecule is COCCCn1c(C2CCCN(C(=O)CCCc3ccc(-c4cnc(=O)[nH]c4)cc3)C2)c(C)c2c(F)ccc(Cl)c21. The summed E-state index contributed by atoms with van der Waals surface area (Å²) < 4.78 is 22.5. The van der Waals surface area contributed by atoms with Crippen molar-refractivity contribution in [1.82, 2.24) is 19.4 Å². The third-order valence-corrected chi connectivity index (χ3v) is 8.41. The van der Waals surface area contributed by atoms with Crippen LogP contribution in [0.5, 0.6) is 0 Å². The molecule has 0 bridgehead atoms. The van der Waals surface area contributed by atoms with Gasteiger partial charge in [-0.1, -0.05) is 35.9 Å². The summed E-state index contributed by atoms with van der Waals surface area (Å²) >= 11 is 6.60. The zero-order valence-electron chi connectivity index (χ0n) is 23.6. The molecule has 41 heavy (non-hydrogen) atoms. The Morgan fingerprint density at radius 2 is 1.98 bits per heavy atom. The van der Waals surface area contributed by atoms with Crippen molar-refractivity contribution in [2.75, 3.05) is 26.8 Å². The van der Waals surface area contributed by atoms with E-state index in [2.05, 4.69) is 26.7 Å². The number of aryl methyl sites for hydroxylation is 3. The lowest BCUT2D eigenvalue weighted by Crippen LogP contribution is -2.39. The maximum Gasteiger partial charge on any atom is 0.344 e. The number of hydrogen-bond donors (Lipinski definition) is 1. The highest BCUT2D eigenvalue weighted by Crippen LogP contribution is 2.39. The van der Waals surface area contributed by atoms with Crippen molar-refractivity contribution in [3.05, 3.63) is 86.9 Å². The first-order valence-electron chi connectivity index (χ1n) is 14.2. The normalized spacial score (nSPS) is 15.5. The van der Waals surface area contributed by atoms with Crippen molar-refractivity contribution < 1.29 is 13.9 Å². The monoisotopic (exact) mass is 578 g/mol. The Labute approximate surface area is 244 Å². The van der Waals surface area contributed by atoms with E-state index in [0.717, 1.165) is 72.1 Å². The average molecular weight is 579 g/mol. The summed E-state index contributed by atoms with van der Waals surface area (Å²) in [6.07, 6.45) is 7.90. The Balaban J connectivity index is 1.25. The number of halogens is 2. The molecule has 5 rings (SSSR count). The topological polar surface area (TPSA) is 80.2 Å². The number of hydrogen-bond acceptors (Lipinski definition) is 4. The molecule has 9 heteroatoms. The van der Waals surface area contributed by atoms with Crippen LogP contribution < -0.4 is 5.69 Å². The number of carbonyl (C=O) groups is 1. The first-order chi connectivity index (χ1) is 19.9. The molecule has 2 aromatic heterocycles. The van der Waals surface area contributed by atoms with Crippen LogP contribution in [0.3, 0.4) is 0 Å². The lowest BCUT2D eigenvalue weighted by molar-refractivity contribution is -0.132. The summed E-state index contributed by atoms with van der Waals surface area (Å²) in [4.78, 5) is 32.8. The van der Waals surface area contributed by atoms with Gasteiger partial charge in [0.25, 0.3) is 0 Å². The van der Waals surface area contributed by atoms with Gasteiger partial charge in [0.15, 0.2) is 0 Å². The van der Waals surface area contributed by atoms with Gasteiger partial charge < -0.3 is 19.2 Å². The first-order valence-corrected chi connectivity index (χ1v) is 14.6. The third-order valence-electron chi connectivity index (χ3n) is 8.10. The molecule has 1 N–H and O–H groups in total. The number of rotatable bonds is 10. The van der Waals surface area contributed by atoms with Gasteiger partial charge in [0.05, 0.1) is 10.5 Å². The molecule has 1 unspecified atom stereocenters. The van der Waals surface area contributed by atoms with Gasteiger partial charge in [-0.3, -0.25) is 4.79 Å². The van der Waals surface area contributed by atoms with Crippen LogP contribution in [0, 0.1) is 12.7 Å². The van der Waals surface area contributed by atoms with E-state index in [1.165, 1.54) is 6.07 Å². The van der Waals surface area contributed by atoms with Gasteiger partial charge in [0.1, 0.15) is 5.82 Å². The summed E-state index contributed by atoms with van der Waals surface area (Å²) in [6, 6.07) is 11.2. The average Bonchev–Trinajstić information content (AvgIpc) is 3.29. The Morgan fingerprint density at radius 3 is 2.71 bits per heavy atom. The van der Waals surface area contributed by atoms with Gasteiger partial charge in [0.2, 0.25) is 5.91 Å². The molecule has 0 saturated carbocycles. The highest BCUT2D eigenvalue weighted by molar-refractivity contribution is 6.35. The van der Waals surface area contributed by atoms with Crippen LogP contribution in [0.15, 0.2) is 53.6 Å². The molecule has 0 radical (unpaired) electrons. The minimum Gasteiger partial charge on any atom is -0.385 e. The number of nitrogens with one attached hydrogen (secondary N) is 1. The molecule has 0 spiro atoms. The van der Waals surface area contributed by atoms with Gasteiger partial charge in [0, 0.05) is 74.7 Å². The highest BCUT2D eigenvalue weighted by atomic mass is 35.5. The molecule has 0 aliphatic carbocycles. The molecule has 3 heterocycles. The fourth-order valence-corrected chi connectivity index (χ4v) is 6.39. The molecule has 1 aliphatic heterocycles. The Hall–Kier alpha value is -3.49. The Bertz CT molecular complexity index is 1560. The van der Waals surface area contributed by atoms with Gasteiger partial charge in [-0.25, -0.2) is 14.2 Å². The minimum absolute atomic E-state index is 0.119. The Kier molecular flexibility index (Phi) is 9.20. The molecule has 1 aliphatic rings. The number of aromatic amines is 1. The van der Waals surface area contributed by atoms with E-state index in [-0.39, 0.29) is 23.3 Å². The lowest BCUT2D eigenvalue weighted by Gasteiger charge is -2.34. The number of likely N-dealkylation sites (tertiary alicyclic amines) is 1. The second-order valence-electron chi connectivity index (χ2n) is 10.8. The van der Waals surface area contributed by atoms with Crippen LogP contribution in [-0.4, -0.2) is 52.1 Å². The van der Waals surface area contributed by atoms with Gasteiger partial charge >= 0.3 is 5.69 Å². The summed E-state index contributed by atoms with van der Waals surface area (Å²) in [5.74, 6) is 0.0170. The predicted octanol–water partition coefficient (Wildman–Crippen LogP) is 6.26. The van der Waals surface area contributed by atoms with E-state index in [1.807, 2.05) is 24.0 Å². The zero-order chi connectivity index (χ0) is 28.9. The number of benzene rings is 2. The zero-order valence-corrected chi connectivity index (χ0v) is 24.3. The van der Waals surface area contributed by atoms with Crippen LogP contribution in [0.25, 0.3) is 22.0 Å². The molecule has 1 saturated heterocycles. The van der Waals surface area contributed by atoms with Crippen LogP contribution in [-0.2, 0) is 22.5 Å². The van der Waals surface area contributed by atoms with E-state index < -0.39 is 0 Å². The van der Waals surface area contributed by atoms with E-state index in [9.17, 15) is 9.59 Å². The Morgan fingerprint density at radius 1 is 1.17 bits per heavy atom. The fourth-order valence-electron chi connectivity index (χ4n) is 6.13. The summed E-state index contributed by atoms with van der Waals surface area (Å²) in [5, 5.41) is 1.12. The van der Waals surface area contributed by atoms with Crippen LogP contribution in [0.2, 0.25) is 5.02 Å². The van der Waals surface area contributed by atoms with E-state index in [0.29, 0.717) is 36.5 Å². The number of carbonyl (C=O) groups excluding carboxylic acids is 1. The molecule has 1 atom stereocenters. The van der Waals surface area contributed by atoms with E-state index >= 15 is 4.39 Å². The number of aromatic nitrogens is 3. The van der Waals surface area contributed by atoms with Crippen molar-refractivity contribution in [2.45, 2.75) is 57.9 Å². The number of amides is 1. The van der Waals surface area contributed by atoms with Crippen LogP contribution >= 0.6 is 11.6 Å². The van der Waals surface area contributed by atoms with Crippen molar-refractivity contribution >= 4 is 28.4 Å². The van der Waals surface area contributed by atoms with E-state index in [1.54, 1.807) is 25.6 Å².